The lowest BCUT2D eigenvalue weighted by Gasteiger charge is -2.30. The minimum Gasteiger partial charge on any atom is -0.346 e. The minimum atomic E-state index is -4.36. The third kappa shape index (κ3) is 4.93. The SMILES string of the molecule is CC(NC(C)(C)C1CC1)C(=O)NCC(F)(F)F. The van der Waals surface area contributed by atoms with E-state index in [-0.39, 0.29) is 5.54 Å². The number of nitrogens with one attached hydrogen (secondary N) is 2. The first-order chi connectivity index (χ1) is 7.62. The van der Waals surface area contributed by atoms with E-state index in [0.29, 0.717) is 5.92 Å². The Balaban J connectivity index is 2.36. The van der Waals surface area contributed by atoms with Gasteiger partial charge in [-0.2, -0.15) is 13.2 Å². The quantitative estimate of drug-likeness (QED) is 0.783. The number of hydrogen-bond acceptors (Lipinski definition) is 2. The highest BCUT2D eigenvalue weighted by Gasteiger charge is 2.39. The highest BCUT2D eigenvalue weighted by Crippen LogP contribution is 2.39. The van der Waals surface area contributed by atoms with Crippen LogP contribution in [0.4, 0.5) is 13.2 Å². The summed E-state index contributed by atoms with van der Waals surface area (Å²) in [5.74, 6) is -0.101. The molecule has 0 spiro atoms. The van der Waals surface area contributed by atoms with Crippen molar-refractivity contribution in [1.82, 2.24) is 10.6 Å². The average molecular weight is 252 g/mol. The lowest BCUT2D eigenvalue weighted by molar-refractivity contribution is -0.139. The van der Waals surface area contributed by atoms with Crippen LogP contribution in [0.5, 0.6) is 0 Å². The summed E-state index contributed by atoms with van der Waals surface area (Å²) in [5, 5.41) is 4.95. The number of amides is 1. The molecular weight excluding hydrogens is 233 g/mol. The Bertz CT molecular complexity index is 285. The van der Waals surface area contributed by atoms with Gasteiger partial charge >= 0.3 is 6.18 Å². The van der Waals surface area contributed by atoms with Gasteiger partial charge in [-0.3, -0.25) is 4.79 Å². The molecule has 1 saturated carbocycles. The van der Waals surface area contributed by atoms with Crippen molar-refractivity contribution in [2.45, 2.75) is 51.4 Å². The van der Waals surface area contributed by atoms with E-state index in [4.69, 9.17) is 0 Å². The molecule has 6 heteroatoms. The van der Waals surface area contributed by atoms with Crippen molar-refractivity contribution in [3.8, 4) is 0 Å². The van der Waals surface area contributed by atoms with Crippen LogP contribution in [0.2, 0.25) is 0 Å². The standard InChI is InChI=1S/C11H19F3N2O/c1-7(9(17)15-6-11(12,13)14)16-10(2,3)8-4-5-8/h7-8,16H,4-6H2,1-3H3,(H,15,17). The van der Waals surface area contributed by atoms with Gasteiger partial charge in [0.15, 0.2) is 0 Å². The molecule has 1 amide bonds. The molecule has 0 aromatic heterocycles. The topological polar surface area (TPSA) is 41.1 Å². The molecule has 0 aromatic carbocycles. The summed E-state index contributed by atoms with van der Waals surface area (Å²) < 4.78 is 35.8. The highest BCUT2D eigenvalue weighted by atomic mass is 19.4. The molecule has 1 aliphatic carbocycles. The molecule has 1 aliphatic rings. The zero-order valence-corrected chi connectivity index (χ0v) is 10.3. The third-order valence-corrected chi connectivity index (χ3v) is 3.04. The van der Waals surface area contributed by atoms with E-state index >= 15 is 0 Å². The Hall–Kier alpha value is -0.780. The molecule has 0 radical (unpaired) electrons. The lowest BCUT2D eigenvalue weighted by Crippen LogP contribution is -2.53. The summed E-state index contributed by atoms with van der Waals surface area (Å²) in [6.07, 6.45) is -2.14. The summed E-state index contributed by atoms with van der Waals surface area (Å²) in [6.45, 7) is 4.24. The summed E-state index contributed by atoms with van der Waals surface area (Å²) in [5.41, 5.74) is -0.199. The van der Waals surface area contributed by atoms with Crippen molar-refractivity contribution >= 4 is 5.91 Å². The maximum atomic E-state index is 11.9. The fourth-order valence-electron chi connectivity index (χ4n) is 1.89. The number of carbonyl (C=O) groups is 1. The zero-order chi connectivity index (χ0) is 13.3. The Labute approximate surface area is 99.1 Å². The van der Waals surface area contributed by atoms with Crippen molar-refractivity contribution in [2.75, 3.05) is 6.54 Å². The van der Waals surface area contributed by atoms with Gasteiger partial charge in [0.2, 0.25) is 5.91 Å². The maximum Gasteiger partial charge on any atom is 0.405 e. The van der Waals surface area contributed by atoms with Gasteiger partial charge in [-0.1, -0.05) is 0 Å². The van der Waals surface area contributed by atoms with Crippen LogP contribution in [0.25, 0.3) is 0 Å². The van der Waals surface area contributed by atoms with Crippen LogP contribution in [-0.4, -0.2) is 30.2 Å². The molecule has 17 heavy (non-hydrogen) atoms. The van der Waals surface area contributed by atoms with Crippen molar-refractivity contribution in [3.05, 3.63) is 0 Å². The van der Waals surface area contributed by atoms with E-state index in [1.165, 1.54) is 0 Å². The van der Waals surface area contributed by atoms with Crippen molar-refractivity contribution in [1.29, 1.82) is 0 Å². The molecule has 0 bridgehead atoms. The van der Waals surface area contributed by atoms with Crippen LogP contribution >= 0.6 is 0 Å². The predicted molar refractivity (Wildman–Crippen MR) is 58.5 cm³/mol. The van der Waals surface area contributed by atoms with Gasteiger partial charge in [0.25, 0.3) is 0 Å². The average Bonchev–Trinajstić information content (AvgIpc) is 2.94. The maximum absolute atomic E-state index is 11.9. The molecule has 0 saturated heterocycles. The van der Waals surface area contributed by atoms with E-state index in [1.54, 1.807) is 6.92 Å². The smallest absolute Gasteiger partial charge is 0.346 e. The van der Waals surface area contributed by atoms with Crippen molar-refractivity contribution < 1.29 is 18.0 Å². The number of hydrogen-bond donors (Lipinski definition) is 2. The molecule has 1 rings (SSSR count). The predicted octanol–water partition coefficient (Wildman–Crippen LogP) is 1.83. The first-order valence-electron chi connectivity index (χ1n) is 5.74. The van der Waals surface area contributed by atoms with Crippen molar-refractivity contribution in [2.24, 2.45) is 5.92 Å². The van der Waals surface area contributed by atoms with E-state index in [0.717, 1.165) is 12.8 Å². The second-order valence-corrected chi connectivity index (χ2v) is 5.19. The van der Waals surface area contributed by atoms with E-state index in [2.05, 4.69) is 5.32 Å². The number of halogens is 3. The first-order valence-corrected chi connectivity index (χ1v) is 5.74. The van der Waals surface area contributed by atoms with Gasteiger partial charge < -0.3 is 10.6 Å². The molecule has 0 heterocycles. The first kappa shape index (κ1) is 14.3. The zero-order valence-electron chi connectivity index (χ0n) is 10.3. The van der Waals surface area contributed by atoms with Crippen LogP contribution in [0.3, 0.4) is 0 Å². The molecule has 1 atom stereocenters. The summed E-state index contributed by atoms with van der Waals surface area (Å²) in [7, 11) is 0. The second-order valence-electron chi connectivity index (χ2n) is 5.19. The van der Waals surface area contributed by atoms with Gasteiger partial charge in [0, 0.05) is 5.54 Å². The Morgan fingerprint density at radius 2 is 1.88 bits per heavy atom. The van der Waals surface area contributed by atoms with Crippen LogP contribution in [0.15, 0.2) is 0 Å². The second kappa shape index (κ2) is 4.84. The Morgan fingerprint density at radius 1 is 1.35 bits per heavy atom. The van der Waals surface area contributed by atoms with Gasteiger partial charge in [-0.25, -0.2) is 0 Å². The number of carbonyl (C=O) groups excluding carboxylic acids is 1. The summed E-state index contributed by atoms with van der Waals surface area (Å²) in [4.78, 5) is 11.4. The molecule has 0 aliphatic heterocycles. The van der Waals surface area contributed by atoms with Crippen LogP contribution in [-0.2, 0) is 4.79 Å². The van der Waals surface area contributed by atoms with Gasteiger partial charge in [-0.15, -0.1) is 0 Å². The van der Waals surface area contributed by atoms with Gasteiger partial charge in [-0.05, 0) is 39.5 Å². The lowest BCUT2D eigenvalue weighted by atomic mass is 9.97. The molecule has 3 nitrogen and oxygen atoms in total. The van der Waals surface area contributed by atoms with Gasteiger partial charge in [0.05, 0.1) is 6.04 Å². The fourth-order valence-corrected chi connectivity index (χ4v) is 1.89. The highest BCUT2D eigenvalue weighted by molar-refractivity contribution is 5.81. The minimum absolute atomic E-state index is 0.199. The summed E-state index contributed by atoms with van der Waals surface area (Å²) in [6, 6.07) is -0.618. The molecule has 0 aromatic rings. The number of alkyl halides is 3. The van der Waals surface area contributed by atoms with E-state index in [9.17, 15) is 18.0 Å². The van der Waals surface area contributed by atoms with Crippen LogP contribution in [0, 0.1) is 5.92 Å². The molecular formula is C11H19F3N2O. The molecule has 100 valence electrons. The summed E-state index contributed by atoms with van der Waals surface area (Å²) >= 11 is 0. The fraction of sp³-hybridized carbons (Fsp3) is 0.909. The van der Waals surface area contributed by atoms with Crippen LogP contribution in [0.1, 0.15) is 33.6 Å². The van der Waals surface area contributed by atoms with Crippen molar-refractivity contribution in [3.63, 3.8) is 0 Å². The van der Waals surface area contributed by atoms with E-state index < -0.39 is 24.7 Å². The molecule has 2 N–H and O–H groups in total. The Kier molecular flexibility index (Phi) is 4.06. The molecule has 1 fully saturated rings. The van der Waals surface area contributed by atoms with Crippen LogP contribution < -0.4 is 10.6 Å². The largest absolute Gasteiger partial charge is 0.405 e. The third-order valence-electron chi connectivity index (χ3n) is 3.04. The number of rotatable bonds is 5. The monoisotopic (exact) mass is 252 g/mol. The Morgan fingerprint density at radius 3 is 2.29 bits per heavy atom. The van der Waals surface area contributed by atoms with Gasteiger partial charge in [0.1, 0.15) is 6.54 Å². The van der Waals surface area contributed by atoms with E-state index in [1.807, 2.05) is 19.2 Å². The normalized spacial score (nSPS) is 18.9. The molecule has 1 unspecified atom stereocenters.